The Hall–Kier alpha value is -0.870. The number of amides is 1. The van der Waals surface area contributed by atoms with Crippen LogP contribution < -0.4 is 16.6 Å². The van der Waals surface area contributed by atoms with Gasteiger partial charge in [0.15, 0.2) is 0 Å². The summed E-state index contributed by atoms with van der Waals surface area (Å²) in [5.74, 6) is 0.0782. The van der Waals surface area contributed by atoms with Crippen LogP contribution in [-0.2, 0) is 4.79 Å². The number of unbranched alkanes of at least 4 members (excludes halogenated alkanes) is 15. The second-order valence-electron chi connectivity index (χ2n) is 8.01. The van der Waals surface area contributed by atoms with Crippen molar-refractivity contribution in [3.63, 3.8) is 0 Å². The van der Waals surface area contributed by atoms with Crippen LogP contribution in [-0.4, -0.2) is 19.0 Å². The molecule has 0 rings (SSSR count). The van der Waals surface area contributed by atoms with Crippen LogP contribution in [0.5, 0.6) is 0 Å². The van der Waals surface area contributed by atoms with E-state index in [0.29, 0.717) is 19.5 Å². The van der Waals surface area contributed by atoms with Gasteiger partial charge in [0.2, 0.25) is 5.91 Å². The van der Waals surface area contributed by atoms with Crippen molar-refractivity contribution in [3.05, 3.63) is 12.2 Å². The van der Waals surface area contributed by atoms with E-state index in [9.17, 15) is 4.79 Å². The number of nitrogens with two attached hydrogens (primary N) is 1. The number of hydrogen-bond donors (Lipinski definition) is 3. The third kappa shape index (κ3) is 23.2. The summed E-state index contributed by atoms with van der Waals surface area (Å²) >= 11 is 0. The molecule has 0 fully saturated rings. The molecule has 4 nitrogen and oxygen atoms in total. The summed E-state index contributed by atoms with van der Waals surface area (Å²) < 4.78 is 0. The molecule has 0 aliphatic heterocycles. The van der Waals surface area contributed by atoms with Crippen molar-refractivity contribution >= 4 is 5.91 Å². The van der Waals surface area contributed by atoms with Gasteiger partial charge in [0.05, 0.1) is 0 Å². The van der Waals surface area contributed by atoms with Crippen LogP contribution in [0.2, 0.25) is 0 Å². The molecule has 0 aliphatic carbocycles. The van der Waals surface area contributed by atoms with E-state index >= 15 is 0 Å². The molecule has 0 radical (unpaired) electrons. The van der Waals surface area contributed by atoms with E-state index in [1.165, 1.54) is 96.3 Å². The van der Waals surface area contributed by atoms with Crippen molar-refractivity contribution in [1.29, 1.82) is 0 Å². The highest BCUT2D eigenvalue weighted by Gasteiger charge is 1.99. The third-order valence-electron chi connectivity index (χ3n) is 5.16. The molecule has 0 aromatic heterocycles. The Kier molecular flexibility index (Phi) is 23.4. The van der Waals surface area contributed by atoms with Crippen LogP contribution >= 0.6 is 0 Å². The minimum absolute atomic E-state index is 0.0782. The summed E-state index contributed by atoms with van der Waals surface area (Å²) in [6, 6.07) is 0. The van der Waals surface area contributed by atoms with Gasteiger partial charge in [-0.2, -0.15) is 0 Å². The molecule has 0 saturated carbocycles. The molecule has 0 unspecified atom stereocenters. The second-order valence-corrected chi connectivity index (χ2v) is 8.01. The van der Waals surface area contributed by atoms with Crippen molar-refractivity contribution in [2.75, 3.05) is 13.1 Å². The molecule has 1 amide bonds. The molecular formula is C24H49N3O. The lowest BCUT2D eigenvalue weighted by atomic mass is 10.1. The Labute approximate surface area is 175 Å². The van der Waals surface area contributed by atoms with E-state index in [2.05, 4.69) is 29.9 Å². The van der Waals surface area contributed by atoms with Crippen LogP contribution in [0, 0.1) is 0 Å². The fraction of sp³-hybridized carbons (Fsp3) is 0.875. The van der Waals surface area contributed by atoms with Crippen molar-refractivity contribution in [2.45, 2.75) is 122 Å². The summed E-state index contributed by atoms with van der Waals surface area (Å²) in [6.45, 7) is 3.44. The minimum Gasteiger partial charge on any atom is -0.329 e. The van der Waals surface area contributed by atoms with Crippen molar-refractivity contribution in [2.24, 2.45) is 5.73 Å². The zero-order chi connectivity index (χ0) is 20.5. The van der Waals surface area contributed by atoms with Gasteiger partial charge < -0.3 is 5.73 Å². The largest absolute Gasteiger partial charge is 0.329 e. The summed E-state index contributed by atoms with van der Waals surface area (Å²) in [6.07, 6.45) is 27.8. The first-order valence-electron chi connectivity index (χ1n) is 12.2. The van der Waals surface area contributed by atoms with Gasteiger partial charge in [0.1, 0.15) is 0 Å². The first-order valence-corrected chi connectivity index (χ1v) is 12.2. The number of allylic oxidation sites excluding steroid dienone is 2. The number of hydrazine groups is 1. The summed E-state index contributed by atoms with van der Waals surface area (Å²) in [5.41, 5.74) is 10.8. The topological polar surface area (TPSA) is 67.2 Å². The summed E-state index contributed by atoms with van der Waals surface area (Å²) in [4.78, 5) is 11.5. The number of carbonyl (C=O) groups excluding carboxylic acids is 1. The molecule has 0 aliphatic rings. The van der Waals surface area contributed by atoms with Crippen LogP contribution in [0.25, 0.3) is 0 Å². The Morgan fingerprint density at radius 2 is 1.18 bits per heavy atom. The smallest absolute Gasteiger partial charge is 0.234 e. The van der Waals surface area contributed by atoms with Crippen LogP contribution in [0.15, 0.2) is 12.2 Å². The maximum atomic E-state index is 11.5. The SMILES string of the molecule is CCCCCCCC/C=C\CCCCCCCCCCCC(=O)NNCCN. The predicted octanol–water partition coefficient (Wildman–Crippen LogP) is 6.16. The van der Waals surface area contributed by atoms with Crippen LogP contribution in [0.3, 0.4) is 0 Å². The quantitative estimate of drug-likeness (QED) is 0.117. The zero-order valence-corrected chi connectivity index (χ0v) is 18.8. The third-order valence-corrected chi connectivity index (χ3v) is 5.16. The molecule has 0 spiro atoms. The Morgan fingerprint density at radius 1 is 0.714 bits per heavy atom. The van der Waals surface area contributed by atoms with E-state index in [1.807, 2.05) is 0 Å². The van der Waals surface area contributed by atoms with Crippen LogP contribution in [0.1, 0.15) is 122 Å². The summed E-state index contributed by atoms with van der Waals surface area (Å²) in [5, 5.41) is 0. The highest BCUT2D eigenvalue weighted by molar-refractivity contribution is 5.75. The average molecular weight is 396 g/mol. The van der Waals surface area contributed by atoms with E-state index in [1.54, 1.807) is 0 Å². The van der Waals surface area contributed by atoms with Gasteiger partial charge in [-0.3, -0.25) is 10.2 Å². The van der Waals surface area contributed by atoms with E-state index in [-0.39, 0.29) is 5.91 Å². The van der Waals surface area contributed by atoms with Crippen LogP contribution in [0.4, 0.5) is 0 Å². The molecule has 0 heterocycles. The van der Waals surface area contributed by atoms with E-state index in [0.717, 1.165) is 12.8 Å². The minimum atomic E-state index is 0.0782. The van der Waals surface area contributed by atoms with Gasteiger partial charge in [-0.15, -0.1) is 0 Å². The lowest BCUT2D eigenvalue weighted by Crippen LogP contribution is -2.40. The highest BCUT2D eigenvalue weighted by Crippen LogP contribution is 2.12. The molecule has 0 aromatic rings. The fourth-order valence-electron chi connectivity index (χ4n) is 3.36. The number of hydrogen-bond acceptors (Lipinski definition) is 3. The number of nitrogens with one attached hydrogen (secondary N) is 2. The number of rotatable bonds is 22. The second kappa shape index (κ2) is 24.2. The fourth-order valence-corrected chi connectivity index (χ4v) is 3.36. The standard InChI is InChI=1S/C24H49N3O/c1-2-3-4-5-6-7-8-9-10-11-12-13-14-15-16-17-18-19-20-21-24(28)27-26-23-22-25/h9-10,26H,2-8,11-23,25H2,1H3,(H,27,28)/b10-9-. The van der Waals surface area contributed by atoms with Gasteiger partial charge in [-0.05, 0) is 32.1 Å². The molecule has 0 aromatic carbocycles. The molecule has 166 valence electrons. The normalized spacial score (nSPS) is 11.4. The Balaban J connectivity index is 3.13. The lowest BCUT2D eigenvalue weighted by Gasteiger charge is -2.05. The zero-order valence-electron chi connectivity index (χ0n) is 18.8. The van der Waals surface area contributed by atoms with Crippen molar-refractivity contribution in [3.8, 4) is 0 Å². The van der Waals surface area contributed by atoms with Gasteiger partial charge in [0, 0.05) is 19.5 Å². The van der Waals surface area contributed by atoms with Gasteiger partial charge >= 0.3 is 0 Å². The van der Waals surface area contributed by atoms with Gasteiger partial charge in [-0.1, -0.05) is 96.1 Å². The molecule has 0 saturated heterocycles. The van der Waals surface area contributed by atoms with Crippen molar-refractivity contribution in [1.82, 2.24) is 10.9 Å². The maximum absolute atomic E-state index is 11.5. The number of carbonyl (C=O) groups is 1. The molecule has 4 N–H and O–H groups in total. The first kappa shape index (κ1) is 27.1. The molecular weight excluding hydrogens is 346 g/mol. The van der Waals surface area contributed by atoms with E-state index in [4.69, 9.17) is 5.73 Å². The molecule has 28 heavy (non-hydrogen) atoms. The Morgan fingerprint density at radius 3 is 1.68 bits per heavy atom. The molecule has 0 bridgehead atoms. The Bertz CT molecular complexity index is 345. The lowest BCUT2D eigenvalue weighted by molar-refractivity contribution is -0.122. The molecule has 4 heteroatoms. The van der Waals surface area contributed by atoms with Gasteiger partial charge in [0.25, 0.3) is 0 Å². The first-order chi connectivity index (χ1) is 13.8. The maximum Gasteiger partial charge on any atom is 0.234 e. The van der Waals surface area contributed by atoms with Gasteiger partial charge in [-0.25, -0.2) is 5.43 Å². The molecule has 0 atom stereocenters. The van der Waals surface area contributed by atoms with E-state index < -0.39 is 0 Å². The average Bonchev–Trinajstić information content (AvgIpc) is 2.70. The monoisotopic (exact) mass is 395 g/mol. The predicted molar refractivity (Wildman–Crippen MR) is 123 cm³/mol. The highest BCUT2D eigenvalue weighted by atomic mass is 16.2. The van der Waals surface area contributed by atoms with Crippen molar-refractivity contribution < 1.29 is 4.79 Å². The summed E-state index contributed by atoms with van der Waals surface area (Å²) in [7, 11) is 0.